The lowest BCUT2D eigenvalue weighted by Gasteiger charge is -2.22. The number of hydrogen-bond donors (Lipinski definition) is 1. The minimum absolute atomic E-state index is 0.0379. The number of nitrogens with zero attached hydrogens (tertiary/aromatic N) is 1. The van der Waals surface area contributed by atoms with Crippen molar-refractivity contribution in [2.24, 2.45) is 0 Å². The molecule has 1 unspecified atom stereocenters. The van der Waals surface area contributed by atoms with Crippen molar-refractivity contribution in [3.8, 4) is 0 Å². The summed E-state index contributed by atoms with van der Waals surface area (Å²) >= 11 is 0. The van der Waals surface area contributed by atoms with Crippen LogP contribution < -0.4 is 5.32 Å². The second-order valence-electron chi connectivity index (χ2n) is 7.84. The Morgan fingerprint density at radius 1 is 1.23 bits per heavy atom. The Morgan fingerprint density at radius 2 is 1.90 bits per heavy atom. The van der Waals surface area contributed by atoms with Gasteiger partial charge < -0.3 is 19.7 Å². The molecule has 1 saturated heterocycles. The van der Waals surface area contributed by atoms with Crippen LogP contribution in [0.4, 0.5) is 18.0 Å². The number of halogens is 3. The van der Waals surface area contributed by atoms with Crippen molar-refractivity contribution >= 4 is 18.0 Å². The van der Waals surface area contributed by atoms with Gasteiger partial charge in [0.05, 0.1) is 17.7 Å². The Kier molecular flexibility index (Phi) is 6.99. The monoisotopic (exact) mass is 430 g/mol. The maximum Gasteiger partial charge on any atom is 0.416 e. The quantitative estimate of drug-likeness (QED) is 0.723. The summed E-state index contributed by atoms with van der Waals surface area (Å²) in [6.45, 7) is 6.49. The van der Waals surface area contributed by atoms with E-state index >= 15 is 0 Å². The zero-order valence-electron chi connectivity index (χ0n) is 17.3. The fourth-order valence-corrected chi connectivity index (χ4v) is 3.00. The molecule has 0 aliphatic carbocycles. The van der Waals surface area contributed by atoms with E-state index in [2.05, 4.69) is 5.32 Å². The van der Waals surface area contributed by atoms with E-state index in [1.807, 2.05) is 0 Å². The summed E-state index contributed by atoms with van der Waals surface area (Å²) in [7, 11) is 0. The summed E-state index contributed by atoms with van der Waals surface area (Å²) in [5, 5.41) is 2.45. The smallest absolute Gasteiger partial charge is 0.416 e. The lowest BCUT2D eigenvalue weighted by atomic mass is 10.0. The maximum atomic E-state index is 13.5. The zero-order valence-corrected chi connectivity index (χ0v) is 17.3. The number of likely N-dealkylation sites (tertiary alicyclic amines) is 1. The first-order valence-electron chi connectivity index (χ1n) is 9.47. The van der Waals surface area contributed by atoms with Crippen LogP contribution in [0, 0.1) is 0 Å². The number of hydrogen-bond acceptors (Lipinski definition) is 5. The molecule has 10 heteroatoms. The Morgan fingerprint density at radius 3 is 2.47 bits per heavy atom. The molecule has 1 N–H and O–H groups in total. The average Bonchev–Trinajstić information content (AvgIpc) is 2.93. The first-order valence-corrected chi connectivity index (χ1v) is 9.47. The van der Waals surface area contributed by atoms with Gasteiger partial charge >= 0.3 is 18.2 Å². The van der Waals surface area contributed by atoms with Crippen molar-refractivity contribution in [3.63, 3.8) is 0 Å². The van der Waals surface area contributed by atoms with E-state index in [1.54, 1.807) is 27.7 Å². The molecule has 0 saturated carbocycles. The second-order valence-corrected chi connectivity index (χ2v) is 7.84. The first kappa shape index (κ1) is 23.5. The summed E-state index contributed by atoms with van der Waals surface area (Å²) in [6.07, 6.45) is -5.23. The topological polar surface area (TPSA) is 84.9 Å². The normalized spacial score (nSPS) is 17.1. The number of alkyl carbamates (subject to hydrolysis) is 1. The maximum absolute atomic E-state index is 13.5. The summed E-state index contributed by atoms with van der Waals surface area (Å²) in [6, 6.07) is 2.26. The van der Waals surface area contributed by atoms with Crippen LogP contribution in [0.2, 0.25) is 0 Å². The van der Waals surface area contributed by atoms with E-state index in [4.69, 9.17) is 9.47 Å². The van der Waals surface area contributed by atoms with Crippen LogP contribution in [-0.2, 0) is 27.0 Å². The van der Waals surface area contributed by atoms with E-state index in [9.17, 15) is 27.6 Å². The number of rotatable bonds is 5. The van der Waals surface area contributed by atoms with Gasteiger partial charge in [-0.2, -0.15) is 13.2 Å². The van der Waals surface area contributed by atoms with Crippen LogP contribution in [-0.4, -0.2) is 47.7 Å². The molecule has 1 aromatic rings. The summed E-state index contributed by atoms with van der Waals surface area (Å²) in [4.78, 5) is 37.4. The van der Waals surface area contributed by atoms with Gasteiger partial charge in [-0.3, -0.25) is 4.79 Å². The highest BCUT2D eigenvalue weighted by molar-refractivity contribution is 5.90. The zero-order chi connectivity index (χ0) is 22.7. The Labute approximate surface area is 172 Å². The second kappa shape index (κ2) is 8.93. The van der Waals surface area contributed by atoms with Gasteiger partial charge in [-0.25, -0.2) is 9.59 Å². The van der Waals surface area contributed by atoms with Crippen LogP contribution in [0.3, 0.4) is 0 Å². The molecule has 1 fully saturated rings. The van der Waals surface area contributed by atoms with Gasteiger partial charge in [-0.1, -0.05) is 6.07 Å². The molecule has 0 spiro atoms. The Hall–Kier alpha value is -2.78. The highest BCUT2D eigenvalue weighted by atomic mass is 19.4. The molecular formula is C20H25F3N2O5. The fourth-order valence-electron chi connectivity index (χ4n) is 3.00. The van der Waals surface area contributed by atoms with Gasteiger partial charge in [0.15, 0.2) is 0 Å². The molecule has 0 aromatic heterocycles. The van der Waals surface area contributed by atoms with Crippen LogP contribution in [0.25, 0.3) is 0 Å². The van der Waals surface area contributed by atoms with E-state index in [-0.39, 0.29) is 37.2 Å². The molecule has 166 valence electrons. The third-order valence-electron chi connectivity index (χ3n) is 4.28. The molecule has 1 heterocycles. The minimum Gasteiger partial charge on any atom is -0.462 e. The summed E-state index contributed by atoms with van der Waals surface area (Å²) in [5.74, 6) is -1.35. The number of esters is 1. The number of alkyl halides is 3. The van der Waals surface area contributed by atoms with Crippen LogP contribution in [0.15, 0.2) is 18.2 Å². The van der Waals surface area contributed by atoms with Crippen molar-refractivity contribution < 1.29 is 37.0 Å². The SMILES string of the molecule is CCOC(=O)c1ccc(CN2CCC(NC(=O)OC(C)(C)C)C2=O)c(C(F)(F)F)c1. The third kappa shape index (κ3) is 6.11. The van der Waals surface area contributed by atoms with E-state index in [0.717, 1.165) is 12.1 Å². The molecule has 1 atom stereocenters. The first-order chi connectivity index (χ1) is 13.8. The molecule has 30 heavy (non-hydrogen) atoms. The lowest BCUT2D eigenvalue weighted by molar-refractivity contribution is -0.139. The number of nitrogens with one attached hydrogen (secondary N) is 1. The van der Waals surface area contributed by atoms with Gasteiger partial charge in [0, 0.05) is 13.1 Å². The summed E-state index contributed by atoms with van der Waals surface area (Å²) in [5.41, 5.74) is -2.12. The lowest BCUT2D eigenvalue weighted by Crippen LogP contribution is -2.43. The van der Waals surface area contributed by atoms with Crippen molar-refractivity contribution in [1.29, 1.82) is 0 Å². The number of carbonyl (C=O) groups is 3. The van der Waals surface area contributed by atoms with Gasteiger partial charge in [-0.15, -0.1) is 0 Å². The molecule has 0 radical (unpaired) electrons. The van der Waals surface area contributed by atoms with Crippen molar-refractivity contribution in [3.05, 3.63) is 34.9 Å². The molecule has 1 aliphatic heterocycles. The number of amides is 2. The fraction of sp³-hybridized carbons (Fsp3) is 0.550. The number of carbonyl (C=O) groups excluding carboxylic acids is 3. The minimum atomic E-state index is -4.71. The van der Waals surface area contributed by atoms with Gasteiger partial charge in [0.1, 0.15) is 11.6 Å². The van der Waals surface area contributed by atoms with Crippen molar-refractivity contribution in [2.45, 2.75) is 58.5 Å². The van der Waals surface area contributed by atoms with Crippen LogP contribution >= 0.6 is 0 Å². The molecular weight excluding hydrogens is 405 g/mol. The largest absolute Gasteiger partial charge is 0.462 e. The molecule has 1 aromatic carbocycles. The van der Waals surface area contributed by atoms with Crippen LogP contribution in [0.1, 0.15) is 55.6 Å². The Balaban J connectivity index is 2.15. The van der Waals surface area contributed by atoms with Gasteiger partial charge in [0.25, 0.3) is 0 Å². The van der Waals surface area contributed by atoms with E-state index in [0.29, 0.717) is 0 Å². The predicted molar refractivity (Wildman–Crippen MR) is 101 cm³/mol. The predicted octanol–water partition coefficient (Wildman–Crippen LogP) is 3.51. The molecule has 7 nitrogen and oxygen atoms in total. The van der Waals surface area contributed by atoms with Gasteiger partial charge in [-0.05, 0) is 51.8 Å². The molecule has 0 bridgehead atoms. The average molecular weight is 430 g/mol. The molecule has 2 rings (SSSR count). The molecule has 1 aliphatic rings. The highest BCUT2D eigenvalue weighted by Gasteiger charge is 2.38. The molecule has 2 amide bonds. The van der Waals surface area contributed by atoms with E-state index in [1.165, 1.54) is 11.0 Å². The highest BCUT2D eigenvalue weighted by Crippen LogP contribution is 2.34. The van der Waals surface area contributed by atoms with Gasteiger partial charge in [0.2, 0.25) is 5.91 Å². The van der Waals surface area contributed by atoms with E-state index < -0.39 is 41.4 Å². The van der Waals surface area contributed by atoms with Crippen LogP contribution in [0.5, 0.6) is 0 Å². The standard InChI is InChI=1S/C20H25F3N2O5/c1-5-29-17(27)12-6-7-13(14(10-12)20(21,22)23)11-25-9-8-15(16(25)26)24-18(28)30-19(2,3)4/h6-7,10,15H,5,8-9,11H2,1-4H3,(H,24,28). The van der Waals surface area contributed by atoms with Crippen molar-refractivity contribution in [1.82, 2.24) is 10.2 Å². The third-order valence-corrected chi connectivity index (χ3v) is 4.28. The number of benzene rings is 1. The summed E-state index contributed by atoms with van der Waals surface area (Å²) < 4.78 is 50.4. The van der Waals surface area contributed by atoms with Crippen molar-refractivity contribution in [2.75, 3.05) is 13.2 Å². The number of ether oxygens (including phenoxy) is 2. The Bertz CT molecular complexity index is 818.